The smallest absolute Gasteiger partial charge is 0.321 e. The second kappa shape index (κ2) is 6.83. The Morgan fingerprint density at radius 2 is 2.18 bits per heavy atom. The van der Waals surface area contributed by atoms with E-state index in [9.17, 15) is 9.59 Å². The van der Waals surface area contributed by atoms with Gasteiger partial charge in [0.25, 0.3) is 0 Å². The van der Waals surface area contributed by atoms with Gasteiger partial charge in [0, 0.05) is 17.2 Å². The number of rotatable bonds is 4. The van der Waals surface area contributed by atoms with Gasteiger partial charge in [-0.05, 0) is 19.1 Å². The van der Waals surface area contributed by atoms with Crippen molar-refractivity contribution in [3.63, 3.8) is 0 Å². The summed E-state index contributed by atoms with van der Waals surface area (Å²) in [5, 5.41) is 4.82. The second-order valence-corrected chi connectivity index (χ2v) is 5.45. The van der Waals surface area contributed by atoms with Crippen LogP contribution in [0, 0.1) is 0 Å². The standard InChI is InChI=1S/C10H12Cl2N2O2S/c1-6(7-2-3-8(12)17-7)13-10(16)14-9(15)4-5-11/h2-3,6H,4-5H2,1H3,(H2,13,14,15,16). The number of nitrogens with one attached hydrogen (secondary N) is 2. The number of hydrogen-bond acceptors (Lipinski definition) is 3. The Bertz CT molecular complexity index is 409. The molecule has 7 heteroatoms. The van der Waals surface area contributed by atoms with E-state index >= 15 is 0 Å². The molecule has 0 aliphatic heterocycles. The Hall–Kier alpha value is -0.780. The summed E-state index contributed by atoms with van der Waals surface area (Å²) in [5.74, 6) is -0.205. The van der Waals surface area contributed by atoms with Gasteiger partial charge in [0.1, 0.15) is 0 Å². The van der Waals surface area contributed by atoms with Crippen molar-refractivity contribution in [2.24, 2.45) is 0 Å². The van der Waals surface area contributed by atoms with Gasteiger partial charge < -0.3 is 5.32 Å². The van der Waals surface area contributed by atoms with Crippen molar-refractivity contribution in [1.29, 1.82) is 0 Å². The van der Waals surface area contributed by atoms with E-state index in [1.165, 1.54) is 11.3 Å². The quantitative estimate of drug-likeness (QED) is 0.839. The number of halogens is 2. The van der Waals surface area contributed by atoms with Crippen LogP contribution in [0.25, 0.3) is 0 Å². The SMILES string of the molecule is CC(NC(=O)NC(=O)CCCl)c1ccc(Cl)s1. The topological polar surface area (TPSA) is 58.2 Å². The summed E-state index contributed by atoms with van der Waals surface area (Å²) in [7, 11) is 0. The molecule has 3 amide bonds. The van der Waals surface area contributed by atoms with Crippen LogP contribution in [-0.2, 0) is 4.79 Å². The summed E-state index contributed by atoms with van der Waals surface area (Å²) in [5.41, 5.74) is 0. The zero-order chi connectivity index (χ0) is 12.8. The lowest BCUT2D eigenvalue weighted by molar-refractivity contribution is -0.119. The molecule has 0 bridgehead atoms. The molecule has 0 saturated heterocycles. The van der Waals surface area contributed by atoms with Crippen molar-refractivity contribution in [2.75, 3.05) is 5.88 Å². The van der Waals surface area contributed by atoms with Crippen molar-refractivity contribution in [3.8, 4) is 0 Å². The molecule has 1 aromatic heterocycles. The normalized spacial score (nSPS) is 11.9. The van der Waals surface area contributed by atoms with E-state index in [0.29, 0.717) is 4.34 Å². The molecule has 1 rings (SSSR count). The van der Waals surface area contributed by atoms with Gasteiger partial charge in [-0.3, -0.25) is 10.1 Å². The number of carbonyl (C=O) groups is 2. The molecule has 1 heterocycles. The van der Waals surface area contributed by atoms with Crippen LogP contribution in [-0.4, -0.2) is 17.8 Å². The molecular formula is C10H12Cl2N2O2S. The number of hydrogen-bond donors (Lipinski definition) is 2. The molecule has 1 atom stereocenters. The zero-order valence-corrected chi connectivity index (χ0v) is 11.5. The lowest BCUT2D eigenvalue weighted by Crippen LogP contribution is -2.40. The summed E-state index contributed by atoms with van der Waals surface area (Å²) in [6, 6.07) is 2.86. The van der Waals surface area contributed by atoms with Gasteiger partial charge in [-0.2, -0.15) is 0 Å². The lowest BCUT2D eigenvalue weighted by Gasteiger charge is -2.12. The van der Waals surface area contributed by atoms with Gasteiger partial charge in [0.15, 0.2) is 0 Å². The van der Waals surface area contributed by atoms with Crippen LogP contribution in [0.2, 0.25) is 4.34 Å². The molecule has 0 aliphatic carbocycles. The first-order chi connectivity index (χ1) is 8.02. The van der Waals surface area contributed by atoms with E-state index in [1.807, 2.05) is 13.0 Å². The fraction of sp³-hybridized carbons (Fsp3) is 0.400. The Kier molecular flexibility index (Phi) is 5.74. The van der Waals surface area contributed by atoms with Crippen LogP contribution in [0.4, 0.5) is 4.79 Å². The average Bonchev–Trinajstić information content (AvgIpc) is 2.64. The number of amides is 3. The number of carbonyl (C=O) groups excluding carboxylic acids is 2. The molecule has 4 nitrogen and oxygen atoms in total. The van der Waals surface area contributed by atoms with E-state index in [4.69, 9.17) is 23.2 Å². The minimum atomic E-state index is -0.530. The fourth-order valence-corrected chi connectivity index (χ4v) is 2.37. The van der Waals surface area contributed by atoms with Crippen LogP contribution < -0.4 is 10.6 Å². The number of thiophene rings is 1. The van der Waals surface area contributed by atoms with Gasteiger partial charge >= 0.3 is 6.03 Å². The molecule has 94 valence electrons. The minimum Gasteiger partial charge on any atom is -0.330 e. The second-order valence-electron chi connectivity index (χ2n) is 3.32. The van der Waals surface area contributed by atoms with E-state index < -0.39 is 11.9 Å². The van der Waals surface area contributed by atoms with Gasteiger partial charge in [0.05, 0.1) is 10.4 Å². The number of imide groups is 1. The van der Waals surface area contributed by atoms with Crippen molar-refractivity contribution >= 4 is 46.5 Å². The van der Waals surface area contributed by atoms with Gasteiger partial charge in [0.2, 0.25) is 5.91 Å². The third-order valence-electron chi connectivity index (χ3n) is 1.94. The molecule has 1 aromatic rings. The molecule has 0 spiro atoms. The van der Waals surface area contributed by atoms with Gasteiger partial charge in [-0.25, -0.2) is 4.79 Å². The Morgan fingerprint density at radius 3 is 2.71 bits per heavy atom. The lowest BCUT2D eigenvalue weighted by atomic mass is 10.3. The highest BCUT2D eigenvalue weighted by atomic mass is 35.5. The molecule has 0 fully saturated rings. The number of alkyl halides is 1. The molecule has 0 aromatic carbocycles. The summed E-state index contributed by atoms with van der Waals surface area (Å²) in [4.78, 5) is 23.4. The predicted molar refractivity (Wildman–Crippen MR) is 69.8 cm³/mol. The molecule has 0 aliphatic rings. The largest absolute Gasteiger partial charge is 0.330 e. The average molecular weight is 295 g/mol. The van der Waals surface area contributed by atoms with Crippen LogP contribution in [0.15, 0.2) is 12.1 Å². The summed E-state index contributed by atoms with van der Waals surface area (Å²) in [6.45, 7) is 1.81. The Morgan fingerprint density at radius 1 is 1.47 bits per heavy atom. The maximum Gasteiger partial charge on any atom is 0.321 e. The van der Waals surface area contributed by atoms with Gasteiger partial charge in [-0.1, -0.05) is 11.6 Å². The van der Waals surface area contributed by atoms with E-state index in [2.05, 4.69) is 10.6 Å². The Balaban J connectivity index is 2.43. The molecule has 2 N–H and O–H groups in total. The van der Waals surface area contributed by atoms with Crippen LogP contribution in [0.1, 0.15) is 24.3 Å². The minimum absolute atomic E-state index is 0.119. The number of urea groups is 1. The van der Waals surface area contributed by atoms with E-state index in [1.54, 1.807) is 6.07 Å². The van der Waals surface area contributed by atoms with Crippen molar-refractivity contribution < 1.29 is 9.59 Å². The van der Waals surface area contributed by atoms with Crippen LogP contribution in [0.5, 0.6) is 0 Å². The maximum atomic E-state index is 11.4. The van der Waals surface area contributed by atoms with E-state index in [0.717, 1.165) is 4.88 Å². The third-order valence-corrected chi connectivity index (χ3v) is 3.55. The van der Waals surface area contributed by atoms with Crippen LogP contribution in [0.3, 0.4) is 0 Å². The maximum absolute atomic E-state index is 11.4. The highest BCUT2D eigenvalue weighted by Crippen LogP contribution is 2.26. The summed E-state index contributed by atoms with van der Waals surface area (Å²) < 4.78 is 0.660. The summed E-state index contributed by atoms with van der Waals surface area (Å²) in [6.07, 6.45) is 0.119. The first kappa shape index (κ1) is 14.3. The third kappa shape index (κ3) is 4.93. The molecule has 0 radical (unpaired) electrons. The zero-order valence-electron chi connectivity index (χ0n) is 9.13. The van der Waals surface area contributed by atoms with Gasteiger partial charge in [-0.15, -0.1) is 22.9 Å². The van der Waals surface area contributed by atoms with E-state index in [-0.39, 0.29) is 18.3 Å². The van der Waals surface area contributed by atoms with Crippen molar-refractivity contribution in [2.45, 2.75) is 19.4 Å². The fourth-order valence-electron chi connectivity index (χ4n) is 1.14. The highest BCUT2D eigenvalue weighted by molar-refractivity contribution is 7.16. The predicted octanol–water partition coefficient (Wildman–Crippen LogP) is 2.92. The molecule has 1 unspecified atom stereocenters. The molecular weight excluding hydrogens is 283 g/mol. The van der Waals surface area contributed by atoms with Crippen molar-refractivity contribution in [1.82, 2.24) is 10.6 Å². The molecule has 17 heavy (non-hydrogen) atoms. The van der Waals surface area contributed by atoms with Crippen molar-refractivity contribution in [3.05, 3.63) is 21.3 Å². The first-order valence-electron chi connectivity index (χ1n) is 4.94. The summed E-state index contributed by atoms with van der Waals surface area (Å²) >= 11 is 12.6. The first-order valence-corrected chi connectivity index (χ1v) is 6.67. The monoisotopic (exact) mass is 294 g/mol. The molecule has 0 saturated carbocycles. The van der Waals surface area contributed by atoms with Crippen LogP contribution >= 0.6 is 34.5 Å². The highest BCUT2D eigenvalue weighted by Gasteiger charge is 2.13. The Labute approximate surface area is 113 Å².